The molecule has 1 aliphatic heterocycles. The van der Waals surface area contributed by atoms with Crippen LogP contribution in [0.25, 0.3) is 0 Å². The highest BCUT2D eigenvalue weighted by Crippen LogP contribution is 2.65. The van der Waals surface area contributed by atoms with E-state index in [4.69, 9.17) is 0 Å². The number of amides is 2. The molecule has 1 aromatic rings. The first-order chi connectivity index (χ1) is 14.8. The fourth-order valence-corrected chi connectivity index (χ4v) is 8.55. The molecule has 2 heterocycles. The van der Waals surface area contributed by atoms with Crippen LogP contribution in [0.2, 0.25) is 0 Å². The zero-order valence-corrected chi connectivity index (χ0v) is 19.8. The summed E-state index contributed by atoms with van der Waals surface area (Å²) in [5.74, 6) is 2.88. The third-order valence-electron chi connectivity index (χ3n) is 9.71. The highest BCUT2D eigenvalue weighted by molar-refractivity contribution is 7.07. The lowest BCUT2D eigenvalue weighted by Gasteiger charge is -2.60. The van der Waals surface area contributed by atoms with E-state index in [1.807, 2.05) is 28.9 Å². The second-order valence-electron chi connectivity index (χ2n) is 10.9. The molecule has 0 bridgehead atoms. The van der Waals surface area contributed by atoms with E-state index in [0.717, 1.165) is 12.1 Å². The predicted molar refractivity (Wildman–Crippen MR) is 122 cm³/mol. The van der Waals surface area contributed by atoms with E-state index in [1.54, 1.807) is 11.3 Å². The Kier molecular flexibility index (Phi) is 5.27. The monoisotopic (exact) mass is 441 g/mol. The normalized spacial score (nSPS) is 41.5. The Labute approximate surface area is 189 Å². The molecule has 168 valence electrons. The Morgan fingerprint density at radius 3 is 2.84 bits per heavy atom. The molecule has 3 fully saturated rings. The second kappa shape index (κ2) is 7.72. The molecular formula is C25H35N3O2S. The van der Waals surface area contributed by atoms with Crippen LogP contribution in [0.1, 0.15) is 64.5 Å². The zero-order chi connectivity index (χ0) is 21.8. The van der Waals surface area contributed by atoms with Crippen LogP contribution >= 0.6 is 11.3 Å². The van der Waals surface area contributed by atoms with Crippen LogP contribution in [0.3, 0.4) is 0 Å². The number of rotatable bonds is 4. The summed E-state index contributed by atoms with van der Waals surface area (Å²) >= 11 is 1.57. The molecule has 1 N–H and O–H groups in total. The SMILES string of the molecule is CN1C(=O)C=C[C@]2(C)C3CC[C@@]4(C)C(CC[C@@H]4CC(=O)NCc4cscn4)C3CCC12. The summed E-state index contributed by atoms with van der Waals surface area (Å²) in [6, 6.07) is 0.337. The van der Waals surface area contributed by atoms with Crippen molar-refractivity contribution in [1.82, 2.24) is 15.2 Å². The molecule has 3 saturated carbocycles. The summed E-state index contributed by atoms with van der Waals surface area (Å²) in [5, 5.41) is 5.09. The van der Waals surface area contributed by atoms with Crippen molar-refractivity contribution >= 4 is 23.2 Å². The van der Waals surface area contributed by atoms with Gasteiger partial charge in [-0.15, -0.1) is 11.3 Å². The fraction of sp³-hybridized carbons (Fsp3) is 0.720. The molecule has 4 aliphatic rings. The molecular weight excluding hydrogens is 406 g/mol. The lowest BCUT2D eigenvalue weighted by molar-refractivity contribution is -0.139. The summed E-state index contributed by atoms with van der Waals surface area (Å²) in [4.78, 5) is 31.2. The zero-order valence-electron chi connectivity index (χ0n) is 19.0. The number of likely N-dealkylation sites (N-methyl/N-ethyl adjacent to an activating group) is 1. The Morgan fingerprint density at radius 1 is 1.23 bits per heavy atom. The molecule has 5 nitrogen and oxygen atoms in total. The molecule has 0 radical (unpaired) electrons. The first kappa shape index (κ1) is 21.2. The number of hydrogen-bond donors (Lipinski definition) is 1. The van der Waals surface area contributed by atoms with Gasteiger partial charge in [-0.3, -0.25) is 9.59 Å². The van der Waals surface area contributed by atoms with Crippen molar-refractivity contribution < 1.29 is 9.59 Å². The number of carbonyl (C=O) groups excluding carboxylic acids is 2. The Hall–Kier alpha value is -1.69. The Bertz CT molecular complexity index is 883. The van der Waals surface area contributed by atoms with Crippen molar-refractivity contribution in [2.75, 3.05) is 7.05 Å². The van der Waals surface area contributed by atoms with Gasteiger partial charge in [-0.25, -0.2) is 4.98 Å². The van der Waals surface area contributed by atoms with Crippen molar-refractivity contribution in [2.24, 2.45) is 34.5 Å². The first-order valence-corrected chi connectivity index (χ1v) is 12.9. The molecule has 0 aromatic carbocycles. The molecule has 2 amide bonds. The number of fused-ring (bicyclic) bond motifs is 5. The fourth-order valence-electron chi connectivity index (χ4n) is 7.99. The van der Waals surface area contributed by atoms with Gasteiger partial charge in [-0.2, -0.15) is 0 Å². The van der Waals surface area contributed by atoms with E-state index in [0.29, 0.717) is 42.7 Å². The van der Waals surface area contributed by atoms with E-state index in [2.05, 4.69) is 30.2 Å². The smallest absolute Gasteiger partial charge is 0.246 e. The van der Waals surface area contributed by atoms with Crippen LogP contribution < -0.4 is 5.32 Å². The van der Waals surface area contributed by atoms with Crippen LogP contribution in [-0.2, 0) is 16.1 Å². The lowest BCUT2D eigenvalue weighted by atomic mass is 9.47. The molecule has 6 heteroatoms. The van der Waals surface area contributed by atoms with E-state index >= 15 is 0 Å². The number of carbonyl (C=O) groups is 2. The number of aromatic nitrogens is 1. The molecule has 0 spiro atoms. The minimum Gasteiger partial charge on any atom is -0.350 e. The molecule has 4 unspecified atom stereocenters. The molecule has 0 saturated heterocycles. The molecule has 3 aliphatic carbocycles. The van der Waals surface area contributed by atoms with Gasteiger partial charge in [-0.05, 0) is 73.7 Å². The maximum atomic E-state index is 12.7. The quantitative estimate of drug-likeness (QED) is 0.753. The van der Waals surface area contributed by atoms with Gasteiger partial charge >= 0.3 is 0 Å². The van der Waals surface area contributed by atoms with Crippen LogP contribution in [0.15, 0.2) is 23.0 Å². The largest absolute Gasteiger partial charge is 0.350 e. The van der Waals surface area contributed by atoms with E-state index in [9.17, 15) is 9.59 Å². The summed E-state index contributed by atoms with van der Waals surface area (Å²) in [5.41, 5.74) is 3.12. The van der Waals surface area contributed by atoms with Crippen molar-refractivity contribution in [3.63, 3.8) is 0 Å². The van der Waals surface area contributed by atoms with Gasteiger partial charge < -0.3 is 10.2 Å². The standard InChI is InChI=1S/C25H35N3O2S/c1-24-10-8-20-18(5-7-21-25(20,2)11-9-23(30)28(21)3)19(24)6-4-16(24)12-22(29)26-13-17-14-31-15-27-17/h9,11,14-16,18-21H,4-8,10,12-13H2,1-3H3,(H,26,29)/t16-,18?,19?,20?,21?,24-,25-/m1/s1. The average molecular weight is 442 g/mol. The summed E-state index contributed by atoms with van der Waals surface area (Å²) < 4.78 is 0. The van der Waals surface area contributed by atoms with E-state index < -0.39 is 0 Å². The Morgan fingerprint density at radius 2 is 2.06 bits per heavy atom. The van der Waals surface area contributed by atoms with Crippen LogP contribution in [-0.4, -0.2) is 34.8 Å². The van der Waals surface area contributed by atoms with Crippen LogP contribution in [0.5, 0.6) is 0 Å². The van der Waals surface area contributed by atoms with Gasteiger partial charge in [0.1, 0.15) is 0 Å². The van der Waals surface area contributed by atoms with Gasteiger partial charge in [0.15, 0.2) is 0 Å². The van der Waals surface area contributed by atoms with Crippen molar-refractivity contribution in [3.8, 4) is 0 Å². The average Bonchev–Trinajstić information content (AvgIpc) is 3.38. The number of hydrogen-bond acceptors (Lipinski definition) is 4. The highest BCUT2D eigenvalue weighted by Gasteiger charge is 2.60. The number of nitrogens with zero attached hydrogens (tertiary/aromatic N) is 2. The minimum atomic E-state index is 0.0932. The molecule has 5 rings (SSSR count). The van der Waals surface area contributed by atoms with Gasteiger partial charge in [0, 0.05) is 30.3 Å². The summed E-state index contributed by atoms with van der Waals surface area (Å²) in [6.45, 7) is 5.41. The lowest BCUT2D eigenvalue weighted by Crippen LogP contribution is -2.59. The summed E-state index contributed by atoms with van der Waals surface area (Å²) in [7, 11) is 1.98. The third kappa shape index (κ3) is 3.37. The topological polar surface area (TPSA) is 62.3 Å². The van der Waals surface area contributed by atoms with Crippen LogP contribution in [0, 0.1) is 34.5 Å². The van der Waals surface area contributed by atoms with Crippen LogP contribution in [0.4, 0.5) is 0 Å². The Balaban J connectivity index is 1.29. The summed E-state index contributed by atoms with van der Waals surface area (Å²) in [6.07, 6.45) is 11.9. The van der Waals surface area contributed by atoms with Crippen molar-refractivity contribution in [1.29, 1.82) is 0 Å². The van der Waals surface area contributed by atoms with Crippen molar-refractivity contribution in [3.05, 3.63) is 28.7 Å². The van der Waals surface area contributed by atoms with Gasteiger partial charge in [0.2, 0.25) is 11.8 Å². The maximum Gasteiger partial charge on any atom is 0.246 e. The predicted octanol–water partition coefficient (Wildman–Crippen LogP) is 4.41. The minimum absolute atomic E-state index is 0.0932. The number of nitrogens with one attached hydrogen (secondary N) is 1. The van der Waals surface area contributed by atoms with Gasteiger partial charge in [0.25, 0.3) is 0 Å². The van der Waals surface area contributed by atoms with E-state index in [-0.39, 0.29) is 22.6 Å². The van der Waals surface area contributed by atoms with E-state index in [1.165, 1.54) is 32.1 Å². The van der Waals surface area contributed by atoms with Crippen molar-refractivity contribution in [2.45, 2.75) is 71.4 Å². The van der Waals surface area contributed by atoms with Gasteiger partial charge in [-0.1, -0.05) is 19.9 Å². The first-order valence-electron chi connectivity index (χ1n) is 11.9. The molecule has 1 aromatic heterocycles. The molecule has 31 heavy (non-hydrogen) atoms. The highest BCUT2D eigenvalue weighted by atomic mass is 32.1. The molecule has 7 atom stereocenters. The third-order valence-corrected chi connectivity index (χ3v) is 10.3. The number of thiazole rings is 1. The van der Waals surface area contributed by atoms with Gasteiger partial charge in [0.05, 0.1) is 17.7 Å². The second-order valence-corrected chi connectivity index (χ2v) is 11.6. The maximum absolute atomic E-state index is 12.7.